The number of ketones is 1. The first-order valence-corrected chi connectivity index (χ1v) is 6.33. The van der Waals surface area contributed by atoms with Gasteiger partial charge < -0.3 is 15.5 Å². The Bertz CT molecular complexity index is 539. The van der Waals surface area contributed by atoms with E-state index in [0.29, 0.717) is 11.3 Å². The fourth-order valence-corrected chi connectivity index (χ4v) is 1.89. The Morgan fingerprint density at radius 3 is 2.38 bits per heavy atom. The van der Waals surface area contributed by atoms with Crippen LogP contribution >= 0.6 is 0 Å². The van der Waals surface area contributed by atoms with Crippen LogP contribution < -0.4 is 5.32 Å². The van der Waals surface area contributed by atoms with Crippen LogP contribution in [0, 0.1) is 10.1 Å². The van der Waals surface area contributed by atoms with Crippen molar-refractivity contribution in [3.05, 3.63) is 51.7 Å². The van der Waals surface area contributed by atoms with E-state index in [1.807, 2.05) is 0 Å². The Morgan fingerprint density at radius 2 is 1.95 bits per heavy atom. The first-order valence-electron chi connectivity index (χ1n) is 6.33. The smallest absolute Gasteiger partial charge is 0.269 e. The summed E-state index contributed by atoms with van der Waals surface area (Å²) >= 11 is 0. The van der Waals surface area contributed by atoms with Gasteiger partial charge in [-0.2, -0.15) is 0 Å². The first kappa shape index (κ1) is 16.8. The number of benzene rings is 1. The third-order valence-corrected chi connectivity index (χ3v) is 2.86. The molecule has 21 heavy (non-hydrogen) atoms. The number of carbonyl (C=O) groups is 1. The van der Waals surface area contributed by atoms with E-state index in [0.717, 1.165) is 0 Å². The number of nitrogens with zero attached hydrogens (tertiary/aromatic N) is 1. The van der Waals surface area contributed by atoms with E-state index >= 15 is 0 Å². The zero-order valence-corrected chi connectivity index (χ0v) is 11.8. The minimum Gasteiger partial charge on any atom is -0.394 e. The van der Waals surface area contributed by atoms with Crippen LogP contribution in [-0.2, 0) is 4.79 Å². The van der Waals surface area contributed by atoms with Crippen molar-refractivity contribution in [2.45, 2.75) is 26.0 Å². The average Bonchev–Trinajstić information content (AvgIpc) is 2.43. The number of carbonyl (C=O) groups excluding carboxylic acids is 1. The van der Waals surface area contributed by atoms with Gasteiger partial charge in [-0.1, -0.05) is 0 Å². The lowest BCUT2D eigenvalue weighted by atomic mass is 10.0. The second-order valence-electron chi connectivity index (χ2n) is 4.66. The Kier molecular flexibility index (Phi) is 6.01. The molecule has 0 bridgehead atoms. The maximum Gasteiger partial charge on any atom is 0.269 e. The van der Waals surface area contributed by atoms with E-state index in [4.69, 9.17) is 0 Å². The molecule has 1 aromatic rings. The summed E-state index contributed by atoms with van der Waals surface area (Å²) in [6.07, 6.45) is 0.289. The largest absolute Gasteiger partial charge is 0.394 e. The van der Waals surface area contributed by atoms with Crippen LogP contribution in [0.1, 0.15) is 25.5 Å². The van der Waals surface area contributed by atoms with Crippen LogP contribution in [-0.4, -0.2) is 33.6 Å². The van der Waals surface area contributed by atoms with E-state index in [2.05, 4.69) is 5.32 Å². The molecule has 0 saturated heterocycles. The molecule has 0 heterocycles. The number of hydrogen-bond donors (Lipinski definition) is 3. The molecule has 0 unspecified atom stereocenters. The summed E-state index contributed by atoms with van der Waals surface area (Å²) in [6.45, 7) is 2.68. The number of nitro groups is 1. The molecule has 3 N–H and O–H groups in total. The molecule has 1 aromatic carbocycles. The lowest BCUT2D eigenvalue weighted by molar-refractivity contribution is -0.384. The van der Waals surface area contributed by atoms with Gasteiger partial charge in [0.05, 0.1) is 17.6 Å². The molecule has 7 nitrogen and oxygen atoms in total. The van der Waals surface area contributed by atoms with Gasteiger partial charge in [-0.3, -0.25) is 14.9 Å². The minimum absolute atomic E-state index is 0.0767. The van der Waals surface area contributed by atoms with Gasteiger partial charge in [-0.05, 0) is 37.6 Å². The number of nitrogens with one attached hydrogen (secondary N) is 1. The standard InChI is InChI=1S/C14H18N2O5/c1-9(7-10(2)18)15-13(8-17)14(19)11-3-5-12(6-4-11)16(20)21/h3-7,13-15,17,19H,8H2,1-2H3/b9-7-/t13-,14+/m0/s1. The number of aliphatic hydroxyl groups excluding tert-OH is 2. The van der Waals surface area contributed by atoms with Crippen LogP contribution in [0.5, 0.6) is 0 Å². The van der Waals surface area contributed by atoms with Gasteiger partial charge in [0.1, 0.15) is 6.10 Å². The molecule has 0 aromatic heterocycles. The van der Waals surface area contributed by atoms with Gasteiger partial charge in [0.15, 0.2) is 5.78 Å². The molecule has 0 aliphatic rings. The second-order valence-corrected chi connectivity index (χ2v) is 4.66. The van der Waals surface area contributed by atoms with Crippen molar-refractivity contribution in [1.82, 2.24) is 5.32 Å². The van der Waals surface area contributed by atoms with Crippen molar-refractivity contribution in [1.29, 1.82) is 0 Å². The summed E-state index contributed by atoms with van der Waals surface area (Å²) in [5.74, 6) is -0.151. The fraction of sp³-hybridized carbons (Fsp3) is 0.357. The van der Waals surface area contributed by atoms with E-state index in [1.165, 1.54) is 37.3 Å². The lowest BCUT2D eigenvalue weighted by Crippen LogP contribution is -2.37. The highest BCUT2D eigenvalue weighted by atomic mass is 16.6. The number of nitro benzene ring substituents is 1. The van der Waals surface area contributed by atoms with Gasteiger partial charge in [-0.25, -0.2) is 0 Å². The molecular weight excluding hydrogens is 276 g/mol. The summed E-state index contributed by atoms with van der Waals surface area (Å²) in [5.41, 5.74) is 0.873. The van der Waals surface area contributed by atoms with Crippen LogP contribution in [0.25, 0.3) is 0 Å². The summed E-state index contributed by atoms with van der Waals surface area (Å²) in [6, 6.07) is 4.70. The molecule has 0 amide bonds. The van der Waals surface area contributed by atoms with Gasteiger partial charge in [0.2, 0.25) is 0 Å². The number of hydrogen-bond acceptors (Lipinski definition) is 6. The topological polar surface area (TPSA) is 113 Å². The Labute approximate surface area is 122 Å². The quantitative estimate of drug-likeness (QED) is 0.394. The summed E-state index contributed by atoms with van der Waals surface area (Å²) in [5, 5.41) is 32.9. The van der Waals surface area contributed by atoms with Crippen molar-refractivity contribution < 1.29 is 19.9 Å². The SMILES string of the molecule is CC(=O)/C=C(/C)N[C@@H](CO)[C@H](O)c1ccc([N+](=O)[O-])cc1. The van der Waals surface area contributed by atoms with E-state index in [-0.39, 0.29) is 18.1 Å². The maximum atomic E-state index is 11.0. The van der Waals surface area contributed by atoms with Crippen molar-refractivity contribution in [2.75, 3.05) is 6.61 Å². The fourth-order valence-electron chi connectivity index (χ4n) is 1.89. The Morgan fingerprint density at radius 1 is 1.38 bits per heavy atom. The van der Waals surface area contributed by atoms with Crippen LogP contribution in [0.3, 0.4) is 0 Å². The molecule has 0 fully saturated rings. The monoisotopic (exact) mass is 294 g/mol. The highest BCUT2D eigenvalue weighted by Crippen LogP contribution is 2.20. The van der Waals surface area contributed by atoms with E-state index < -0.39 is 17.1 Å². The van der Waals surface area contributed by atoms with Crippen molar-refractivity contribution >= 4 is 11.5 Å². The van der Waals surface area contributed by atoms with Crippen molar-refractivity contribution in [3.63, 3.8) is 0 Å². The maximum absolute atomic E-state index is 11.0. The number of non-ortho nitro benzene ring substituents is 1. The molecule has 0 aliphatic heterocycles. The molecule has 0 spiro atoms. The molecule has 0 aliphatic carbocycles. The molecule has 114 valence electrons. The molecular formula is C14H18N2O5. The highest BCUT2D eigenvalue weighted by molar-refractivity contribution is 5.87. The predicted octanol–water partition coefficient (Wildman–Crippen LogP) is 1.07. The second kappa shape index (κ2) is 7.51. The minimum atomic E-state index is -1.06. The summed E-state index contributed by atoms with van der Waals surface area (Å²) < 4.78 is 0. The van der Waals surface area contributed by atoms with Crippen LogP contribution in [0.2, 0.25) is 0 Å². The number of rotatable bonds is 7. The van der Waals surface area contributed by atoms with Crippen LogP contribution in [0.4, 0.5) is 5.69 Å². The van der Waals surface area contributed by atoms with E-state index in [9.17, 15) is 25.1 Å². The number of allylic oxidation sites excluding steroid dienone is 2. The molecule has 7 heteroatoms. The zero-order chi connectivity index (χ0) is 16.0. The summed E-state index contributed by atoms with van der Waals surface area (Å²) in [4.78, 5) is 21.0. The van der Waals surface area contributed by atoms with Crippen molar-refractivity contribution in [2.24, 2.45) is 0 Å². The van der Waals surface area contributed by atoms with Crippen LogP contribution in [0.15, 0.2) is 36.0 Å². The third kappa shape index (κ3) is 4.97. The highest BCUT2D eigenvalue weighted by Gasteiger charge is 2.21. The Hall–Kier alpha value is -2.25. The number of aliphatic hydroxyl groups is 2. The normalized spacial score (nSPS) is 14.4. The predicted molar refractivity (Wildman–Crippen MR) is 76.5 cm³/mol. The average molecular weight is 294 g/mol. The zero-order valence-electron chi connectivity index (χ0n) is 11.8. The molecule has 0 radical (unpaired) electrons. The molecule has 2 atom stereocenters. The van der Waals surface area contributed by atoms with Gasteiger partial charge >= 0.3 is 0 Å². The third-order valence-electron chi connectivity index (χ3n) is 2.86. The Balaban J connectivity index is 2.85. The van der Waals surface area contributed by atoms with Gasteiger partial charge in [-0.15, -0.1) is 0 Å². The lowest BCUT2D eigenvalue weighted by Gasteiger charge is -2.23. The van der Waals surface area contributed by atoms with Crippen molar-refractivity contribution in [3.8, 4) is 0 Å². The summed E-state index contributed by atoms with van der Waals surface area (Å²) in [7, 11) is 0. The van der Waals surface area contributed by atoms with Gasteiger partial charge in [0, 0.05) is 17.8 Å². The van der Waals surface area contributed by atoms with Gasteiger partial charge in [0.25, 0.3) is 5.69 Å². The molecule has 1 rings (SSSR count). The van der Waals surface area contributed by atoms with E-state index in [1.54, 1.807) is 6.92 Å². The molecule has 0 saturated carbocycles. The first-order chi connectivity index (χ1) is 9.85.